The Kier molecular flexibility index (Phi) is 8.78. The molecule has 3 N–H and O–H groups in total. The number of hydrogen-bond donors (Lipinski definition) is 3. The van der Waals surface area contributed by atoms with Gasteiger partial charge in [0.2, 0.25) is 0 Å². The lowest BCUT2D eigenvalue weighted by molar-refractivity contribution is 0.0965. The SMILES string of the molecule is C=C(NC(=O)c1[nH]c(-c2ccc(NCCCC)cc2)nc1-c1ccc(OC)cc1)S/C=C\C. The van der Waals surface area contributed by atoms with Crippen molar-refractivity contribution in [2.24, 2.45) is 0 Å². The second kappa shape index (κ2) is 12.0. The van der Waals surface area contributed by atoms with Gasteiger partial charge in [0.1, 0.15) is 23.0 Å². The molecule has 0 spiro atoms. The number of methoxy groups -OCH3 is 1. The molecule has 3 rings (SSSR count). The zero-order valence-electron chi connectivity index (χ0n) is 19.3. The molecule has 0 radical (unpaired) electrons. The number of imidazole rings is 1. The van der Waals surface area contributed by atoms with Gasteiger partial charge in [-0.15, -0.1) is 0 Å². The number of unbranched alkanes of at least 4 members (excludes halogenated alkanes) is 1. The first-order chi connectivity index (χ1) is 16.0. The summed E-state index contributed by atoms with van der Waals surface area (Å²) in [4.78, 5) is 21.1. The van der Waals surface area contributed by atoms with E-state index in [-0.39, 0.29) is 5.91 Å². The van der Waals surface area contributed by atoms with Gasteiger partial charge in [-0.05, 0) is 67.3 Å². The Hall–Kier alpha value is -3.45. The van der Waals surface area contributed by atoms with Crippen molar-refractivity contribution in [2.75, 3.05) is 19.0 Å². The molecule has 0 atom stereocenters. The fraction of sp³-hybridized carbons (Fsp3) is 0.231. The van der Waals surface area contributed by atoms with Crippen molar-refractivity contribution in [2.45, 2.75) is 26.7 Å². The van der Waals surface area contributed by atoms with E-state index in [9.17, 15) is 4.79 Å². The van der Waals surface area contributed by atoms with Crippen LogP contribution >= 0.6 is 11.8 Å². The molecular weight excluding hydrogens is 432 g/mol. The predicted octanol–water partition coefficient (Wildman–Crippen LogP) is 6.43. The van der Waals surface area contributed by atoms with Crippen LogP contribution in [0.1, 0.15) is 37.2 Å². The highest BCUT2D eigenvalue weighted by Gasteiger charge is 2.20. The molecule has 0 saturated carbocycles. The summed E-state index contributed by atoms with van der Waals surface area (Å²) < 4.78 is 5.26. The molecule has 3 aromatic rings. The number of thioether (sulfide) groups is 1. The van der Waals surface area contributed by atoms with Gasteiger partial charge in [0, 0.05) is 23.4 Å². The molecular formula is C26H30N4O2S. The minimum Gasteiger partial charge on any atom is -0.497 e. The third-order valence-electron chi connectivity index (χ3n) is 4.91. The summed E-state index contributed by atoms with van der Waals surface area (Å²) in [7, 11) is 1.62. The number of H-pyrrole nitrogens is 1. The minimum absolute atomic E-state index is 0.292. The normalized spacial score (nSPS) is 10.9. The molecule has 0 unspecified atom stereocenters. The number of amides is 1. The molecule has 6 nitrogen and oxygen atoms in total. The third kappa shape index (κ3) is 6.52. The van der Waals surface area contributed by atoms with Gasteiger partial charge in [0.05, 0.1) is 12.1 Å². The van der Waals surface area contributed by atoms with Crippen LogP contribution in [0.5, 0.6) is 5.75 Å². The first kappa shape index (κ1) is 24.2. The lowest BCUT2D eigenvalue weighted by atomic mass is 10.1. The van der Waals surface area contributed by atoms with Crippen LogP contribution in [-0.2, 0) is 0 Å². The summed E-state index contributed by atoms with van der Waals surface area (Å²) in [5, 5.41) is 8.65. The largest absolute Gasteiger partial charge is 0.497 e. The first-order valence-electron chi connectivity index (χ1n) is 10.9. The quantitative estimate of drug-likeness (QED) is 0.286. The summed E-state index contributed by atoms with van der Waals surface area (Å²) in [6, 6.07) is 15.5. The number of anilines is 1. The smallest absolute Gasteiger partial charge is 0.274 e. The van der Waals surface area contributed by atoms with E-state index in [2.05, 4.69) is 29.1 Å². The topological polar surface area (TPSA) is 79.0 Å². The van der Waals surface area contributed by atoms with Crippen molar-refractivity contribution in [1.29, 1.82) is 0 Å². The Morgan fingerprint density at radius 1 is 1.15 bits per heavy atom. The lowest BCUT2D eigenvalue weighted by Gasteiger charge is -2.07. The summed E-state index contributed by atoms with van der Waals surface area (Å²) in [6.07, 6.45) is 4.16. The summed E-state index contributed by atoms with van der Waals surface area (Å²) >= 11 is 1.35. The second-order valence-corrected chi connectivity index (χ2v) is 8.36. The molecule has 0 aliphatic rings. The number of hydrogen-bond acceptors (Lipinski definition) is 5. The number of rotatable bonds is 11. The Labute approximate surface area is 199 Å². The summed E-state index contributed by atoms with van der Waals surface area (Å²) in [5.74, 6) is 1.07. The van der Waals surface area contributed by atoms with Gasteiger partial charge in [0.15, 0.2) is 0 Å². The van der Waals surface area contributed by atoms with Gasteiger partial charge < -0.3 is 20.4 Å². The number of aromatic amines is 1. The van der Waals surface area contributed by atoms with Crippen LogP contribution in [0.25, 0.3) is 22.6 Å². The van der Waals surface area contributed by atoms with Gasteiger partial charge in [-0.2, -0.15) is 0 Å². The Morgan fingerprint density at radius 2 is 1.85 bits per heavy atom. The van der Waals surface area contributed by atoms with E-state index in [0.29, 0.717) is 22.2 Å². The molecule has 0 aliphatic carbocycles. The van der Waals surface area contributed by atoms with E-state index >= 15 is 0 Å². The standard InChI is InChI=1S/C26H30N4O2S/c1-5-7-16-27-21-12-8-20(9-13-21)25-29-23(19-10-14-22(32-4)15-11-19)24(30-25)26(31)28-18(3)33-17-6-2/h6,8-15,17,27H,3,5,7,16H2,1-2,4H3,(H,28,31)(H,29,30)/b17-6-. The van der Waals surface area contributed by atoms with Crippen LogP contribution in [0.15, 0.2) is 71.6 Å². The maximum Gasteiger partial charge on any atom is 0.274 e. The number of allylic oxidation sites excluding steroid dienone is 1. The molecule has 0 aliphatic heterocycles. The van der Waals surface area contributed by atoms with Gasteiger partial charge in [-0.3, -0.25) is 4.79 Å². The van der Waals surface area contributed by atoms with E-state index < -0.39 is 0 Å². The monoisotopic (exact) mass is 462 g/mol. The molecule has 7 heteroatoms. The highest BCUT2D eigenvalue weighted by Crippen LogP contribution is 2.29. The minimum atomic E-state index is -0.292. The molecule has 172 valence electrons. The number of nitrogens with one attached hydrogen (secondary N) is 3. The first-order valence-corrected chi connectivity index (χ1v) is 11.8. The van der Waals surface area contributed by atoms with Crippen molar-refractivity contribution in [3.63, 3.8) is 0 Å². The molecule has 2 aromatic carbocycles. The van der Waals surface area contributed by atoms with E-state index in [1.165, 1.54) is 11.8 Å². The fourth-order valence-corrected chi connectivity index (χ4v) is 3.61. The Bertz CT molecular complexity index is 1100. The van der Waals surface area contributed by atoms with Crippen LogP contribution in [0, 0.1) is 0 Å². The van der Waals surface area contributed by atoms with Crippen LogP contribution in [-0.4, -0.2) is 29.5 Å². The number of benzene rings is 2. The maximum absolute atomic E-state index is 13.1. The second-order valence-electron chi connectivity index (χ2n) is 7.36. The molecule has 1 heterocycles. The summed E-state index contributed by atoms with van der Waals surface area (Å²) in [6.45, 7) is 8.94. The Balaban J connectivity index is 1.91. The van der Waals surface area contributed by atoms with Gasteiger partial charge >= 0.3 is 0 Å². The highest BCUT2D eigenvalue weighted by molar-refractivity contribution is 8.05. The maximum atomic E-state index is 13.1. The average molecular weight is 463 g/mol. The molecule has 33 heavy (non-hydrogen) atoms. The molecule has 1 aromatic heterocycles. The van der Waals surface area contributed by atoms with E-state index in [1.54, 1.807) is 7.11 Å². The third-order valence-corrected chi connectivity index (χ3v) is 5.71. The van der Waals surface area contributed by atoms with Crippen LogP contribution in [0.4, 0.5) is 5.69 Å². The van der Waals surface area contributed by atoms with Gasteiger partial charge in [0.25, 0.3) is 5.91 Å². The van der Waals surface area contributed by atoms with Gasteiger partial charge in [-0.25, -0.2) is 4.98 Å². The fourth-order valence-electron chi connectivity index (χ4n) is 3.16. The van der Waals surface area contributed by atoms with Gasteiger partial charge in [-0.1, -0.05) is 37.8 Å². The number of carbonyl (C=O) groups is 1. The van der Waals surface area contributed by atoms with Crippen molar-refractivity contribution < 1.29 is 9.53 Å². The van der Waals surface area contributed by atoms with Crippen molar-refractivity contribution in [1.82, 2.24) is 15.3 Å². The van der Waals surface area contributed by atoms with Crippen molar-refractivity contribution in [3.8, 4) is 28.4 Å². The van der Waals surface area contributed by atoms with Crippen LogP contribution in [0.2, 0.25) is 0 Å². The number of ether oxygens (including phenoxy) is 1. The zero-order valence-corrected chi connectivity index (χ0v) is 20.1. The zero-order chi connectivity index (χ0) is 23.6. The number of carbonyl (C=O) groups excluding carboxylic acids is 1. The molecule has 0 saturated heterocycles. The number of nitrogens with zero attached hydrogens (tertiary/aromatic N) is 1. The lowest BCUT2D eigenvalue weighted by Crippen LogP contribution is -2.21. The van der Waals surface area contributed by atoms with E-state index in [1.807, 2.05) is 66.9 Å². The Morgan fingerprint density at radius 3 is 2.48 bits per heavy atom. The number of aromatic nitrogens is 2. The van der Waals surface area contributed by atoms with Crippen molar-refractivity contribution in [3.05, 3.63) is 77.3 Å². The predicted molar refractivity (Wildman–Crippen MR) is 138 cm³/mol. The van der Waals surface area contributed by atoms with Crippen LogP contribution in [0.3, 0.4) is 0 Å². The van der Waals surface area contributed by atoms with E-state index in [4.69, 9.17) is 9.72 Å². The highest BCUT2D eigenvalue weighted by atomic mass is 32.2. The molecule has 1 amide bonds. The van der Waals surface area contributed by atoms with E-state index in [0.717, 1.165) is 42.0 Å². The van der Waals surface area contributed by atoms with Crippen molar-refractivity contribution >= 4 is 23.4 Å². The molecule has 0 fully saturated rings. The van der Waals surface area contributed by atoms with Crippen LogP contribution < -0.4 is 15.4 Å². The molecule has 0 bridgehead atoms. The summed E-state index contributed by atoms with van der Waals surface area (Å²) in [5.41, 5.74) is 3.71. The average Bonchev–Trinajstić information content (AvgIpc) is 3.29.